The maximum absolute atomic E-state index is 12.0. The van der Waals surface area contributed by atoms with Gasteiger partial charge in [0.05, 0.1) is 12.2 Å². The molecule has 18 heavy (non-hydrogen) atoms. The van der Waals surface area contributed by atoms with Crippen LogP contribution in [-0.2, 0) is 11.3 Å². The summed E-state index contributed by atoms with van der Waals surface area (Å²) in [5.41, 5.74) is 0.937. The predicted molar refractivity (Wildman–Crippen MR) is 71.0 cm³/mol. The highest BCUT2D eigenvalue weighted by atomic mass is 16.2. The molecule has 1 aromatic heterocycles. The number of pyridine rings is 1. The SMILES string of the molecule is CN(Cc1ccccn1)C(=O)CCC1CCCN1. The maximum atomic E-state index is 12.0. The van der Waals surface area contributed by atoms with Gasteiger partial charge in [-0.05, 0) is 37.9 Å². The summed E-state index contributed by atoms with van der Waals surface area (Å²) >= 11 is 0. The number of nitrogens with one attached hydrogen (secondary N) is 1. The first kappa shape index (κ1) is 13.0. The standard InChI is InChI=1S/C14H21N3O/c1-17(11-13-5-2-3-9-16-13)14(18)8-7-12-6-4-10-15-12/h2-3,5,9,12,15H,4,6-8,10-11H2,1H3. The van der Waals surface area contributed by atoms with E-state index in [0.717, 1.165) is 18.7 Å². The molecule has 4 heteroatoms. The Morgan fingerprint density at radius 1 is 1.56 bits per heavy atom. The van der Waals surface area contributed by atoms with Crippen LogP contribution in [0.5, 0.6) is 0 Å². The Hall–Kier alpha value is -1.42. The highest BCUT2D eigenvalue weighted by molar-refractivity contribution is 5.75. The van der Waals surface area contributed by atoms with Gasteiger partial charge in [-0.1, -0.05) is 6.07 Å². The molecule has 1 aliphatic rings. The molecule has 2 heterocycles. The Morgan fingerprint density at radius 3 is 3.11 bits per heavy atom. The Labute approximate surface area is 108 Å². The molecule has 1 aromatic rings. The molecule has 0 radical (unpaired) electrons. The average molecular weight is 247 g/mol. The number of carbonyl (C=O) groups excluding carboxylic acids is 1. The molecule has 1 fully saturated rings. The number of carbonyl (C=O) groups is 1. The predicted octanol–water partition coefficient (Wildman–Crippen LogP) is 1.57. The highest BCUT2D eigenvalue weighted by Crippen LogP contribution is 2.12. The quantitative estimate of drug-likeness (QED) is 0.859. The third-order valence-electron chi connectivity index (χ3n) is 3.42. The minimum atomic E-state index is 0.203. The molecular weight excluding hydrogens is 226 g/mol. The Kier molecular flexibility index (Phi) is 4.70. The molecule has 98 valence electrons. The molecular formula is C14H21N3O. The topological polar surface area (TPSA) is 45.2 Å². The van der Waals surface area contributed by atoms with Crippen LogP contribution in [0.2, 0.25) is 0 Å². The van der Waals surface area contributed by atoms with Crippen molar-refractivity contribution in [3.05, 3.63) is 30.1 Å². The minimum absolute atomic E-state index is 0.203. The third kappa shape index (κ3) is 3.81. The number of hydrogen-bond acceptors (Lipinski definition) is 3. The van der Waals surface area contributed by atoms with Gasteiger partial charge in [0.15, 0.2) is 0 Å². The van der Waals surface area contributed by atoms with Gasteiger partial charge in [-0.15, -0.1) is 0 Å². The lowest BCUT2D eigenvalue weighted by atomic mass is 10.1. The Balaban J connectivity index is 1.74. The lowest BCUT2D eigenvalue weighted by Crippen LogP contribution is -2.29. The highest BCUT2D eigenvalue weighted by Gasteiger charge is 2.17. The van der Waals surface area contributed by atoms with Crippen LogP contribution in [0.1, 0.15) is 31.4 Å². The molecule has 1 amide bonds. The van der Waals surface area contributed by atoms with Gasteiger partial charge in [0.2, 0.25) is 5.91 Å². The van der Waals surface area contributed by atoms with Crippen LogP contribution in [0.4, 0.5) is 0 Å². The monoisotopic (exact) mass is 247 g/mol. The van der Waals surface area contributed by atoms with Crippen molar-refractivity contribution < 1.29 is 4.79 Å². The summed E-state index contributed by atoms with van der Waals surface area (Å²) in [4.78, 5) is 18.0. The van der Waals surface area contributed by atoms with Gasteiger partial charge in [-0.25, -0.2) is 0 Å². The van der Waals surface area contributed by atoms with E-state index in [1.54, 1.807) is 11.1 Å². The first-order chi connectivity index (χ1) is 8.75. The molecule has 4 nitrogen and oxygen atoms in total. The van der Waals surface area contributed by atoms with Crippen molar-refractivity contribution in [1.29, 1.82) is 0 Å². The summed E-state index contributed by atoms with van der Waals surface area (Å²) in [5, 5.41) is 3.42. The molecule has 1 aliphatic heterocycles. The van der Waals surface area contributed by atoms with Crippen molar-refractivity contribution >= 4 is 5.91 Å². The second kappa shape index (κ2) is 6.50. The van der Waals surface area contributed by atoms with Gasteiger partial charge in [0.1, 0.15) is 0 Å². The van der Waals surface area contributed by atoms with Gasteiger partial charge in [-0.2, -0.15) is 0 Å². The van der Waals surface area contributed by atoms with Crippen LogP contribution >= 0.6 is 0 Å². The summed E-state index contributed by atoms with van der Waals surface area (Å²) in [6.07, 6.45) is 5.78. The van der Waals surface area contributed by atoms with Crippen molar-refractivity contribution in [2.75, 3.05) is 13.6 Å². The molecule has 0 aromatic carbocycles. The normalized spacial score (nSPS) is 18.8. The van der Waals surface area contributed by atoms with Crippen molar-refractivity contribution in [3.8, 4) is 0 Å². The average Bonchev–Trinajstić information content (AvgIpc) is 2.90. The fourth-order valence-corrected chi connectivity index (χ4v) is 2.31. The van der Waals surface area contributed by atoms with E-state index in [0.29, 0.717) is 19.0 Å². The zero-order valence-electron chi connectivity index (χ0n) is 10.9. The van der Waals surface area contributed by atoms with Crippen molar-refractivity contribution in [3.63, 3.8) is 0 Å². The van der Waals surface area contributed by atoms with Crippen LogP contribution in [0.25, 0.3) is 0 Å². The molecule has 0 saturated carbocycles. The molecule has 0 spiro atoms. The summed E-state index contributed by atoms with van der Waals surface area (Å²) in [5.74, 6) is 0.203. The molecule has 1 atom stereocenters. The minimum Gasteiger partial charge on any atom is -0.340 e. The molecule has 0 bridgehead atoms. The lowest BCUT2D eigenvalue weighted by Gasteiger charge is -2.18. The number of amides is 1. The van der Waals surface area contributed by atoms with Crippen LogP contribution in [-0.4, -0.2) is 35.4 Å². The fourth-order valence-electron chi connectivity index (χ4n) is 2.31. The van der Waals surface area contributed by atoms with E-state index < -0.39 is 0 Å². The summed E-state index contributed by atoms with van der Waals surface area (Å²) < 4.78 is 0. The van der Waals surface area contributed by atoms with E-state index in [4.69, 9.17) is 0 Å². The summed E-state index contributed by atoms with van der Waals surface area (Å²) in [6, 6.07) is 6.32. The van der Waals surface area contributed by atoms with E-state index in [9.17, 15) is 4.79 Å². The van der Waals surface area contributed by atoms with E-state index in [-0.39, 0.29) is 5.91 Å². The van der Waals surface area contributed by atoms with Gasteiger partial charge in [0, 0.05) is 25.7 Å². The summed E-state index contributed by atoms with van der Waals surface area (Å²) in [6.45, 7) is 1.69. The summed E-state index contributed by atoms with van der Waals surface area (Å²) in [7, 11) is 1.85. The van der Waals surface area contributed by atoms with Gasteiger partial charge in [-0.3, -0.25) is 9.78 Å². The Morgan fingerprint density at radius 2 is 2.44 bits per heavy atom. The largest absolute Gasteiger partial charge is 0.340 e. The zero-order chi connectivity index (χ0) is 12.8. The number of hydrogen-bond donors (Lipinski definition) is 1. The second-order valence-electron chi connectivity index (χ2n) is 4.90. The second-order valence-corrected chi connectivity index (χ2v) is 4.90. The molecule has 2 rings (SSSR count). The van der Waals surface area contributed by atoms with Gasteiger partial charge < -0.3 is 10.2 Å². The molecule has 1 unspecified atom stereocenters. The van der Waals surface area contributed by atoms with Gasteiger partial charge >= 0.3 is 0 Å². The number of nitrogens with zero attached hydrogens (tertiary/aromatic N) is 2. The van der Waals surface area contributed by atoms with Crippen molar-refractivity contribution in [2.24, 2.45) is 0 Å². The first-order valence-electron chi connectivity index (χ1n) is 6.63. The van der Waals surface area contributed by atoms with E-state index in [1.807, 2.05) is 25.2 Å². The number of rotatable bonds is 5. The van der Waals surface area contributed by atoms with Crippen LogP contribution in [0.15, 0.2) is 24.4 Å². The fraction of sp³-hybridized carbons (Fsp3) is 0.571. The molecule has 1 saturated heterocycles. The molecule has 0 aliphatic carbocycles. The molecule has 1 N–H and O–H groups in total. The lowest BCUT2D eigenvalue weighted by molar-refractivity contribution is -0.130. The van der Waals surface area contributed by atoms with E-state index in [2.05, 4.69) is 10.3 Å². The maximum Gasteiger partial charge on any atom is 0.222 e. The van der Waals surface area contributed by atoms with E-state index >= 15 is 0 Å². The zero-order valence-corrected chi connectivity index (χ0v) is 10.9. The van der Waals surface area contributed by atoms with Gasteiger partial charge in [0.25, 0.3) is 0 Å². The third-order valence-corrected chi connectivity index (χ3v) is 3.42. The Bertz CT molecular complexity index is 374. The van der Waals surface area contributed by atoms with Crippen molar-refractivity contribution in [1.82, 2.24) is 15.2 Å². The van der Waals surface area contributed by atoms with E-state index in [1.165, 1.54) is 12.8 Å². The smallest absolute Gasteiger partial charge is 0.222 e. The first-order valence-corrected chi connectivity index (χ1v) is 6.63. The van der Waals surface area contributed by atoms with Crippen molar-refractivity contribution in [2.45, 2.75) is 38.3 Å². The van der Waals surface area contributed by atoms with Crippen LogP contribution in [0.3, 0.4) is 0 Å². The number of aromatic nitrogens is 1. The van der Waals surface area contributed by atoms with Crippen LogP contribution in [0, 0.1) is 0 Å². The van der Waals surface area contributed by atoms with Crippen LogP contribution < -0.4 is 5.32 Å².